The molecule has 232 valence electrons. The molecule has 1 amide bonds. The summed E-state index contributed by atoms with van der Waals surface area (Å²) in [6, 6.07) is -0.617. The highest BCUT2D eigenvalue weighted by atomic mass is 16.5. The molecule has 5 rings (SSSR count). The summed E-state index contributed by atoms with van der Waals surface area (Å²) in [6.07, 6.45) is 12.7. The highest BCUT2D eigenvalue weighted by Gasteiger charge is 2.69. The van der Waals surface area contributed by atoms with E-state index in [1.54, 1.807) is 5.57 Å². The fraction of sp³-hybridized carbons (Fsp3) is 0.889. The first-order chi connectivity index (χ1) is 18.9. The van der Waals surface area contributed by atoms with Gasteiger partial charge in [0.25, 0.3) is 0 Å². The zero-order chi connectivity index (χ0) is 30.4. The van der Waals surface area contributed by atoms with Gasteiger partial charge in [0, 0.05) is 0 Å². The van der Waals surface area contributed by atoms with E-state index in [-0.39, 0.29) is 56.9 Å². The standard InChI is InChI=1S/C36H59NO4/c1-22(2)28(29(39)41-10)37-30(40)36-19-17-31(3,4)21-24(36)23-11-12-26-33(7)15-14-27(38)32(5,6)25(33)13-16-35(26,9)34(23,8)18-20-36/h11,22,24-28,38H,12-21H2,1-10H3,(H,37,40)/t24-,25+,26-,27+,28+,33+,34-,35-,36+/m1/s1. The average Bonchev–Trinajstić information content (AvgIpc) is 2.89. The molecule has 5 aliphatic rings. The van der Waals surface area contributed by atoms with E-state index < -0.39 is 11.5 Å². The molecule has 0 bridgehead atoms. The van der Waals surface area contributed by atoms with E-state index in [4.69, 9.17) is 4.74 Å². The number of amides is 1. The SMILES string of the molecule is COC(=O)[C@@H](NC(=O)[C@]12CCC(C)(C)C[C@@H]1C1=CC[C@@H]3[C@@]4(C)CC[C@H](O)C(C)(C)[C@@H]4CC[C@@]3(C)[C@]1(C)CC2)C(C)C. The van der Waals surface area contributed by atoms with E-state index in [0.29, 0.717) is 11.8 Å². The third kappa shape index (κ3) is 4.32. The van der Waals surface area contributed by atoms with Crippen molar-refractivity contribution in [3.05, 3.63) is 11.6 Å². The number of carbonyl (C=O) groups is 2. The molecule has 0 radical (unpaired) electrons. The second-order valence-electron chi connectivity index (χ2n) is 17.5. The summed E-state index contributed by atoms with van der Waals surface area (Å²) in [7, 11) is 1.41. The Morgan fingerprint density at radius 3 is 2.22 bits per heavy atom. The van der Waals surface area contributed by atoms with Crippen molar-refractivity contribution in [2.45, 2.75) is 139 Å². The monoisotopic (exact) mass is 569 g/mol. The minimum absolute atomic E-state index is 0.0297. The first-order valence-electron chi connectivity index (χ1n) is 16.7. The number of fused-ring (bicyclic) bond motifs is 7. The number of carbonyl (C=O) groups excluding carboxylic acids is 2. The predicted molar refractivity (Wildman–Crippen MR) is 164 cm³/mol. The Labute approximate surface area is 250 Å². The van der Waals surface area contributed by atoms with E-state index in [2.05, 4.69) is 59.9 Å². The summed E-state index contributed by atoms with van der Waals surface area (Å²) in [6.45, 7) is 21.0. The summed E-state index contributed by atoms with van der Waals surface area (Å²) < 4.78 is 5.10. The number of allylic oxidation sites excluding steroid dienone is 2. The Bertz CT molecular complexity index is 1110. The van der Waals surface area contributed by atoms with Crippen LogP contribution >= 0.6 is 0 Å². The molecule has 0 aromatic carbocycles. The second kappa shape index (κ2) is 9.83. The molecule has 2 N–H and O–H groups in total. The van der Waals surface area contributed by atoms with E-state index in [9.17, 15) is 14.7 Å². The molecule has 5 heteroatoms. The van der Waals surface area contributed by atoms with E-state index >= 15 is 0 Å². The van der Waals surface area contributed by atoms with Crippen LogP contribution in [0.25, 0.3) is 0 Å². The summed E-state index contributed by atoms with van der Waals surface area (Å²) in [4.78, 5) is 27.1. The van der Waals surface area contributed by atoms with Crippen molar-refractivity contribution in [2.24, 2.45) is 56.2 Å². The zero-order valence-electron chi connectivity index (χ0n) is 27.8. The van der Waals surface area contributed by atoms with Crippen LogP contribution in [0.1, 0.15) is 127 Å². The maximum atomic E-state index is 14.4. The van der Waals surface area contributed by atoms with Crippen LogP contribution in [0, 0.1) is 56.2 Å². The maximum absolute atomic E-state index is 14.4. The van der Waals surface area contributed by atoms with E-state index in [0.717, 1.165) is 51.4 Å². The fourth-order valence-corrected chi connectivity index (χ4v) is 11.5. The van der Waals surface area contributed by atoms with Crippen LogP contribution < -0.4 is 5.32 Å². The lowest BCUT2D eigenvalue weighted by Crippen LogP contribution is -2.66. The van der Waals surface area contributed by atoms with Gasteiger partial charge in [-0.15, -0.1) is 0 Å². The maximum Gasteiger partial charge on any atom is 0.328 e. The summed E-state index contributed by atoms with van der Waals surface area (Å²) in [5, 5.41) is 14.2. The highest BCUT2D eigenvalue weighted by molar-refractivity contribution is 5.89. The molecule has 0 aromatic heterocycles. The van der Waals surface area contributed by atoms with Gasteiger partial charge in [-0.05, 0) is 115 Å². The number of esters is 1. The van der Waals surface area contributed by atoms with Crippen molar-refractivity contribution in [3.8, 4) is 0 Å². The molecule has 5 aliphatic carbocycles. The van der Waals surface area contributed by atoms with E-state index in [1.807, 2.05) is 13.8 Å². The number of methoxy groups -OCH3 is 1. The minimum Gasteiger partial charge on any atom is -0.467 e. The molecule has 0 unspecified atom stereocenters. The molecule has 0 aliphatic heterocycles. The first kappa shape index (κ1) is 31.1. The molecular weight excluding hydrogens is 510 g/mol. The Kier molecular flexibility index (Phi) is 7.45. The number of hydrogen-bond acceptors (Lipinski definition) is 4. The largest absolute Gasteiger partial charge is 0.467 e. The molecule has 0 spiro atoms. The molecule has 9 atom stereocenters. The lowest BCUT2D eigenvalue weighted by atomic mass is 9.33. The Balaban J connectivity index is 1.55. The fourth-order valence-electron chi connectivity index (χ4n) is 11.5. The lowest BCUT2D eigenvalue weighted by Gasteiger charge is -2.71. The zero-order valence-corrected chi connectivity index (χ0v) is 27.8. The van der Waals surface area contributed by atoms with Gasteiger partial charge >= 0.3 is 5.97 Å². The second-order valence-corrected chi connectivity index (χ2v) is 17.5. The third-order valence-corrected chi connectivity index (χ3v) is 14.5. The van der Waals surface area contributed by atoms with Crippen LogP contribution in [0.2, 0.25) is 0 Å². The highest BCUT2D eigenvalue weighted by Crippen LogP contribution is 2.75. The normalized spacial score (nSPS) is 45.2. The van der Waals surface area contributed by atoms with Crippen LogP contribution in [-0.4, -0.2) is 36.2 Å². The number of ether oxygens (including phenoxy) is 1. The summed E-state index contributed by atoms with van der Waals surface area (Å²) >= 11 is 0. The van der Waals surface area contributed by atoms with Gasteiger partial charge in [0.1, 0.15) is 6.04 Å². The lowest BCUT2D eigenvalue weighted by molar-refractivity contribution is -0.203. The number of aliphatic hydroxyl groups excluding tert-OH is 1. The topological polar surface area (TPSA) is 75.6 Å². The number of hydrogen-bond donors (Lipinski definition) is 2. The van der Waals surface area contributed by atoms with Gasteiger partial charge in [0.15, 0.2) is 0 Å². The van der Waals surface area contributed by atoms with Crippen molar-refractivity contribution in [2.75, 3.05) is 7.11 Å². The van der Waals surface area contributed by atoms with Crippen LogP contribution in [0.15, 0.2) is 11.6 Å². The molecule has 4 fully saturated rings. The quantitative estimate of drug-likeness (QED) is 0.272. The van der Waals surface area contributed by atoms with Gasteiger partial charge in [0.2, 0.25) is 5.91 Å². The molecule has 0 saturated heterocycles. The third-order valence-electron chi connectivity index (χ3n) is 14.5. The molecule has 41 heavy (non-hydrogen) atoms. The Hall–Kier alpha value is -1.36. The number of nitrogens with one attached hydrogen (secondary N) is 1. The van der Waals surface area contributed by atoms with Crippen molar-refractivity contribution in [3.63, 3.8) is 0 Å². The number of aliphatic hydroxyl groups is 1. The summed E-state index contributed by atoms with van der Waals surface area (Å²) in [5.74, 6) is 0.994. The van der Waals surface area contributed by atoms with Gasteiger partial charge in [-0.25, -0.2) is 4.79 Å². The molecule has 5 nitrogen and oxygen atoms in total. The molecular formula is C36H59NO4. The molecule has 0 heterocycles. The average molecular weight is 570 g/mol. The van der Waals surface area contributed by atoms with Crippen molar-refractivity contribution >= 4 is 11.9 Å². The molecule has 0 aromatic rings. The van der Waals surface area contributed by atoms with Gasteiger partial charge in [-0.3, -0.25) is 4.79 Å². The minimum atomic E-state index is -0.617. The van der Waals surface area contributed by atoms with Crippen LogP contribution in [0.3, 0.4) is 0 Å². The van der Waals surface area contributed by atoms with Crippen LogP contribution in [0.5, 0.6) is 0 Å². The van der Waals surface area contributed by atoms with Gasteiger partial charge < -0.3 is 15.2 Å². The summed E-state index contributed by atoms with van der Waals surface area (Å²) in [5.41, 5.74) is 1.62. The van der Waals surface area contributed by atoms with Gasteiger partial charge in [-0.2, -0.15) is 0 Å². The van der Waals surface area contributed by atoms with Crippen LogP contribution in [-0.2, 0) is 14.3 Å². The smallest absolute Gasteiger partial charge is 0.328 e. The van der Waals surface area contributed by atoms with Crippen LogP contribution in [0.4, 0.5) is 0 Å². The van der Waals surface area contributed by atoms with Crippen molar-refractivity contribution < 1.29 is 19.4 Å². The Morgan fingerprint density at radius 1 is 0.927 bits per heavy atom. The van der Waals surface area contributed by atoms with Crippen molar-refractivity contribution in [1.29, 1.82) is 0 Å². The van der Waals surface area contributed by atoms with Gasteiger partial charge in [-0.1, -0.05) is 74.0 Å². The first-order valence-corrected chi connectivity index (χ1v) is 16.7. The molecule has 4 saturated carbocycles. The Morgan fingerprint density at radius 2 is 1.59 bits per heavy atom. The predicted octanol–water partition coefficient (Wildman–Crippen LogP) is 7.46. The number of rotatable bonds is 4. The van der Waals surface area contributed by atoms with Gasteiger partial charge in [0.05, 0.1) is 18.6 Å². The van der Waals surface area contributed by atoms with Crippen molar-refractivity contribution in [1.82, 2.24) is 5.32 Å². The van der Waals surface area contributed by atoms with E-state index in [1.165, 1.54) is 20.0 Å².